The van der Waals surface area contributed by atoms with Crippen molar-refractivity contribution in [2.24, 2.45) is 0 Å². The van der Waals surface area contributed by atoms with Crippen molar-refractivity contribution in [3.05, 3.63) is 24.3 Å². The van der Waals surface area contributed by atoms with Gasteiger partial charge in [0.1, 0.15) is 5.54 Å². The van der Waals surface area contributed by atoms with Gasteiger partial charge in [-0.05, 0) is 38.3 Å². The maximum Gasteiger partial charge on any atom is 0.250 e. The van der Waals surface area contributed by atoms with E-state index in [1.807, 2.05) is 31.2 Å². The maximum absolute atomic E-state index is 12.6. The molecule has 6 heteroatoms. The Morgan fingerprint density at radius 1 is 1.29 bits per heavy atom. The fourth-order valence-electron chi connectivity index (χ4n) is 3.33. The lowest BCUT2D eigenvalue weighted by atomic mass is 9.84. The summed E-state index contributed by atoms with van der Waals surface area (Å²) < 4.78 is 0. The first-order valence-corrected chi connectivity index (χ1v) is 8.73. The number of hydrogen-bond acceptors (Lipinski definition) is 4. The van der Waals surface area contributed by atoms with E-state index in [1.54, 1.807) is 0 Å². The zero-order valence-corrected chi connectivity index (χ0v) is 14.4. The van der Waals surface area contributed by atoms with Gasteiger partial charge in [-0.3, -0.25) is 14.5 Å². The molecular formula is C18H26N4O2. The summed E-state index contributed by atoms with van der Waals surface area (Å²) >= 11 is 0. The Hall–Kier alpha value is -2.08. The van der Waals surface area contributed by atoms with Gasteiger partial charge in [0.15, 0.2) is 0 Å². The van der Waals surface area contributed by atoms with Crippen molar-refractivity contribution in [2.45, 2.75) is 44.7 Å². The second-order valence-corrected chi connectivity index (χ2v) is 6.86. The third-order valence-corrected chi connectivity index (χ3v) is 5.08. The van der Waals surface area contributed by atoms with Crippen molar-refractivity contribution < 1.29 is 9.59 Å². The van der Waals surface area contributed by atoms with Crippen molar-refractivity contribution in [3.8, 4) is 0 Å². The van der Waals surface area contributed by atoms with E-state index in [-0.39, 0.29) is 17.9 Å². The number of fused-ring (bicyclic) bond motifs is 1. The minimum Gasteiger partial charge on any atom is -0.369 e. The minimum absolute atomic E-state index is 0.0323. The first-order chi connectivity index (χ1) is 11.5. The van der Waals surface area contributed by atoms with Crippen LogP contribution >= 0.6 is 0 Å². The molecule has 1 aromatic carbocycles. The summed E-state index contributed by atoms with van der Waals surface area (Å²) in [6, 6.07) is 7.98. The summed E-state index contributed by atoms with van der Waals surface area (Å²) in [5, 5.41) is 9.44. The summed E-state index contributed by atoms with van der Waals surface area (Å²) in [4.78, 5) is 26.7. The molecule has 1 atom stereocenters. The molecule has 0 aliphatic carbocycles. The van der Waals surface area contributed by atoms with E-state index in [0.29, 0.717) is 19.4 Å². The Kier molecular flexibility index (Phi) is 4.76. The number of benzene rings is 1. The van der Waals surface area contributed by atoms with Crippen LogP contribution in [0.1, 0.15) is 33.1 Å². The molecule has 0 radical (unpaired) electrons. The summed E-state index contributed by atoms with van der Waals surface area (Å²) in [6.07, 6.45) is 2.33. The number of carbonyl (C=O) groups excluding carboxylic acids is 2. The SMILES string of the molecule is CC[C@@H](C)NC(=O)CN1CCC2(CC1)Nc1ccccc1NC2=O. The van der Waals surface area contributed by atoms with Crippen molar-refractivity contribution in [3.63, 3.8) is 0 Å². The number of amides is 2. The average Bonchev–Trinajstić information content (AvgIpc) is 2.58. The minimum atomic E-state index is -0.558. The van der Waals surface area contributed by atoms with E-state index >= 15 is 0 Å². The molecule has 1 saturated heterocycles. The average molecular weight is 330 g/mol. The summed E-state index contributed by atoms with van der Waals surface area (Å²) in [7, 11) is 0. The first-order valence-electron chi connectivity index (χ1n) is 8.73. The Bertz CT molecular complexity index is 623. The van der Waals surface area contributed by atoms with Crippen LogP contribution in [-0.2, 0) is 9.59 Å². The number of likely N-dealkylation sites (tertiary alicyclic amines) is 1. The number of anilines is 2. The van der Waals surface area contributed by atoms with Crippen LogP contribution in [0.25, 0.3) is 0 Å². The lowest BCUT2D eigenvalue weighted by Gasteiger charge is -2.44. The van der Waals surface area contributed by atoms with Gasteiger partial charge < -0.3 is 16.0 Å². The van der Waals surface area contributed by atoms with Crippen LogP contribution in [0.3, 0.4) is 0 Å². The quantitative estimate of drug-likeness (QED) is 0.787. The molecule has 1 spiro atoms. The third kappa shape index (κ3) is 3.38. The van der Waals surface area contributed by atoms with E-state index in [1.165, 1.54) is 0 Å². The normalized spacial score (nSPS) is 20.7. The van der Waals surface area contributed by atoms with Gasteiger partial charge in [0.05, 0.1) is 17.9 Å². The van der Waals surface area contributed by atoms with Crippen LogP contribution < -0.4 is 16.0 Å². The molecular weight excluding hydrogens is 304 g/mol. The Morgan fingerprint density at radius 3 is 2.62 bits per heavy atom. The van der Waals surface area contributed by atoms with Crippen LogP contribution in [0.4, 0.5) is 11.4 Å². The summed E-state index contributed by atoms with van der Waals surface area (Å²) in [5.74, 6) is 0.0941. The van der Waals surface area contributed by atoms with E-state index in [2.05, 4.69) is 27.8 Å². The fourth-order valence-corrected chi connectivity index (χ4v) is 3.33. The van der Waals surface area contributed by atoms with Crippen molar-refractivity contribution in [1.29, 1.82) is 0 Å². The van der Waals surface area contributed by atoms with E-state index in [0.717, 1.165) is 30.9 Å². The lowest BCUT2D eigenvalue weighted by molar-refractivity contribution is -0.124. The van der Waals surface area contributed by atoms with Gasteiger partial charge in [-0.2, -0.15) is 0 Å². The standard InChI is InChI=1S/C18H26N4O2/c1-3-13(2)19-16(23)12-22-10-8-18(9-11-22)17(24)20-14-6-4-5-7-15(14)21-18/h4-7,13,21H,3,8-12H2,1-2H3,(H,19,23)(H,20,24)/t13-/m1/s1. The largest absolute Gasteiger partial charge is 0.369 e. The molecule has 3 rings (SSSR count). The number of para-hydroxylation sites is 2. The fraction of sp³-hybridized carbons (Fsp3) is 0.556. The molecule has 0 unspecified atom stereocenters. The highest BCUT2D eigenvalue weighted by atomic mass is 16.2. The van der Waals surface area contributed by atoms with Crippen LogP contribution in [-0.4, -0.2) is 47.9 Å². The molecule has 3 N–H and O–H groups in total. The Balaban J connectivity index is 1.59. The van der Waals surface area contributed by atoms with E-state index < -0.39 is 5.54 Å². The smallest absolute Gasteiger partial charge is 0.250 e. The highest BCUT2D eigenvalue weighted by Gasteiger charge is 2.44. The molecule has 2 aliphatic rings. The molecule has 6 nitrogen and oxygen atoms in total. The lowest BCUT2D eigenvalue weighted by Crippen LogP contribution is -2.59. The number of hydrogen-bond donors (Lipinski definition) is 3. The van der Waals surface area contributed by atoms with Crippen LogP contribution in [0, 0.1) is 0 Å². The third-order valence-electron chi connectivity index (χ3n) is 5.08. The number of nitrogens with zero attached hydrogens (tertiary/aromatic N) is 1. The highest BCUT2D eigenvalue weighted by molar-refractivity contribution is 6.06. The molecule has 1 fully saturated rings. The molecule has 2 amide bonds. The monoisotopic (exact) mass is 330 g/mol. The highest BCUT2D eigenvalue weighted by Crippen LogP contribution is 2.36. The first kappa shape index (κ1) is 16.8. The van der Waals surface area contributed by atoms with Gasteiger partial charge in [-0.1, -0.05) is 19.1 Å². The predicted octanol–water partition coefficient (Wildman–Crippen LogP) is 1.80. The van der Waals surface area contributed by atoms with Gasteiger partial charge in [0.25, 0.3) is 0 Å². The predicted molar refractivity (Wildman–Crippen MR) is 95.0 cm³/mol. The van der Waals surface area contributed by atoms with Gasteiger partial charge in [0.2, 0.25) is 11.8 Å². The molecule has 0 aromatic heterocycles. The molecule has 0 bridgehead atoms. The molecule has 130 valence electrons. The summed E-state index contributed by atoms with van der Waals surface area (Å²) in [6.45, 7) is 5.93. The molecule has 24 heavy (non-hydrogen) atoms. The molecule has 1 aromatic rings. The van der Waals surface area contributed by atoms with Crippen LogP contribution in [0.15, 0.2) is 24.3 Å². The topological polar surface area (TPSA) is 73.5 Å². The van der Waals surface area contributed by atoms with Crippen LogP contribution in [0.5, 0.6) is 0 Å². The molecule has 2 aliphatic heterocycles. The maximum atomic E-state index is 12.6. The van der Waals surface area contributed by atoms with Gasteiger partial charge in [-0.25, -0.2) is 0 Å². The van der Waals surface area contributed by atoms with E-state index in [4.69, 9.17) is 0 Å². The Morgan fingerprint density at radius 2 is 1.96 bits per heavy atom. The van der Waals surface area contributed by atoms with Crippen molar-refractivity contribution in [1.82, 2.24) is 10.2 Å². The van der Waals surface area contributed by atoms with Gasteiger partial charge >= 0.3 is 0 Å². The summed E-state index contributed by atoms with van der Waals surface area (Å²) in [5.41, 5.74) is 1.25. The van der Waals surface area contributed by atoms with Crippen molar-refractivity contribution in [2.75, 3.05) is 30.3 Å². The zero-order chi connectivity index (χ0) is 17.2. The number of nitrogens with one attached hydrogen (secondary N) is 3. The van der Waals surface area contributed by atoms with E-state index in [9.17, 15) is 9.59 Å². The second kappa shape index (κ2) is 6.81. The number of rotatable bonds is 4. The van der Waals surface area contributed by atoms with Crippen LogP contribution in [0.2, 0.25) is 0 Å². The van der Waals surface area contributed by atoms with Gasteiger partial charge in [-0.15, -0.1) is 0 Å². The second-order valence-electron chi connectivity index (χ2n) is 6.86. The number of piperidine rings is 1. The zero-order valence-electron chi connectivity index (χ0n) is 14.4. The number of carbonyl (C=O) groups is 2. The van der Waals surface area contributed by atoms with Crippen molar-refractivity contribution >= 4 is 23.2 Å². The Labute approximate surface area is 143 Å². The molecule has 0 saturated carbocycles. The molecule has 2 heterocycles. The van der Waals surface area contributed by atoms with Gasteiger partial charge in [0, 0.05) is 19.1 Å².